The van der Waals surface area contributed by atoms with Crippen LogP contribution in [-0.4, -0.2) is 58.3 Å². The summed E-state index contributed by atoms with van der Waals surface area (Å²) >= 11 is 6.50. The van der Waals surface area contributed by atoms with Gasteiger partial charge in [-0.15, -0.1) is 0 Å². The van der Waals surface area contributed by atoms with E-state index in [0.717, 1.165) is 56.3 Å². The molecule has 1 aromatic carbocycles. The van der Waals surface area contributed by atoms with Gasteiger partial charge in [-0.3, -0.25) is 14.4 Å². The molecule has 0 bridgehead atoms. The third-order valence-electron chi connectivity index (χ3n) is 6.20. The predicted octanol–water partition coefficient (Wildman–Crippen LogP) is 4.08. The van der Waals surface area contributed by atoms with Crippen molar-refractivity contribution >= 4 is 17.5 Å². The van der Waals surface area contributed by atoms with Gasteiger partial charge >= 0.3 is 0 Å². The van der Waals surface area contributed by atoms with Gasteiger partial charge in [0.25, 0.3) is 5.91 Å². The van der Waals surface area contributed by atoms with Crippen LogP contribution in [0.3, 0.4) is 0 Å². The fraction of sp³-hybridized carbons (Fsp3) is 0.565. The van der Waals surface area contributed by atoms with E-state index in [1.165, 1.54) is 18.4 Å². The second-order valence-electron chi connectivity index (χ2n) is 8.58. The molecule has 162 valence electrons. The highest BCUT2D eigenvalue weighted by Gasteiger charge is 2.33. The van der Waals surface area contributed by atoms with E-state index in [2.05, 4.69) is 16.1 Å². The standard InChI is InChI=1S/C23H31ClN4O2/c1-3-28-16-19(13-25-28)23(29)26(2)14-17-10-21(11-17)30-20-7-6-18(22(24)12-20)15-27-8-4-5-9-27/h6-7,12-13,16-17,21H,3-5,8-11,14-15H2,1-2H3. The number of ether oxygens (including phenoxy) is 1. The van der Waals surface area contributed by atoms with Gasteiger partial charge in [-0.1, -0.05) is 17.7 Å². The highest BCUT2D eigenvalue weighted by molar-refractivity contribution is 6.31. The van der Waals surface area contributed by atoms with E-state index in [4.69, 9.17) is 16.3 Å². The summed E-state index contributed by atoms with van der Waals surface area (Å²) in [5, 5.41) is 4.97. The maximum atomic E-state index is 12.5. The van der Waals surface area contributed by atoms with Crippen LogP contribution in [0.5, 0.6) is 5.75 Å². The molecule has 2 aromatic rings. The molecule has 1 aliphatic carbocycles. The first kappa shape index (κ1) is 21.2. The number of hydrogen-bond donors (Lipinski definition) is 0. The van der Waals surface area contributed by atoms with Crippen molar-refractivity contribution in [2.75, 3.05) is 26.7 Å². The molecule has 30 heavy (non-hydrogen) atoms. The minimum atomic E-state index is 0.0273. The summed E-state index contributed by atoms with van der Waals surface area (Å²) in [5.41, 5.74) is 1.82. The summed E-state index contributed by atoms with van der Waals surface area (Å²) in [5.74, 6) is 1.33. The Morgan fingerprint density at radius 1 is 1.30 bits per heavy atom. The molecule has 6 nitrogen and oxygen atoms in total. The van der Waals surface area contributed by atoms with Gasteiger partial charge in [0.2, 0.25) is 0 Å². The van der Waals surface area contributed by atoms with Crippen molar-refractivity contribution in [3.05, 3.63) is 46.7 Å². The predicted molar refractivity (Wildman–Crippen MR) is 118 cm³/mol. The summed E-state index contributed by atoms with van der Waals surface area (Å²) in [6.45, 7) is 6.76. The summed E-state index contributed by atoms with van der Waals surface area (Å²) in [6.07, 6.45) is 8.13. The number of carbonyl (C=O) groups excluding carboxylic acids is 1. The molecule has 1 saturated carbocycles. The second kappa shape index (κ2) is 9.40. The summed E-state index contributed by atoms with van der Waals surface area (Å²) < 4.78 is 7.89. The number of amides is 1. The van der Waals surface area contributed by atoms with Gasteiger partial charge in [-0.05, 0) is 69.3 Å². The van der Waals surface area contributed by atoms with E-state index < -0.39 is 0 Å². The first-order valence-electron chi connectivity index (χ1n) is 11.0. The molecule has 1 aliphatic heterocycles. The zero-order chi connectivity index (χ0) is 21.1. The smallest absolute Gasteiger partial charge is 0.256 e. The van der Waals surface area contributed by atoms with Crippen molar-refractivity contribution in [3.8, 4) is 5.75 Å². The molecule has 4 rings (SSSR count). The molecule has 0 spiro atoms. The van der Waals surface area contributed by atoms with E-state index in [0.29, 0.717) is 11.5 Å². The van der Waals surface area contributed by atoms with Gasteiger partial charge in [0.05, 0.1) is 17.9 Å². The van der Waals surface area contributed by atoms with Crippen LogP contribution in [-0.2, 0) is 13.1 Å². The third-order valence-corrected chi connectivity index (χ3v) is 6.55. The molecule has 0 unspecified atom stereocenters. The lowest BCUT2D eigenvalue weighted by Gasteiger charge is -2.37. The van der Waals surface area contributed by atoms with Crippen molar-refractivity contribution in [2.24, 2.45) is 5.92 Å². The van der Waals surface area contributed by atoms with E-state index in [1.54, 1.807) is 15.8 Å². The first-order chi connectivity index (χ1) is 14.5. The summed E-state index contributed by atoms with van der Waals surface area (Å²) in [4.78, 5) is 16.8. The Morgan fingerprint density at radius 2 is 2.07 bits per heavy atom. The number of hydrogen-bond acceptors (Lipinski definition) is 4. The molecule has 1 aromatic heterocycles. The van der Waals surface area contributed by atoms with Gasteiger partial charge in [0, 0.05) is 37.9 Å². The fourth-order valence-electron chi connectivity index (χ4n) is 4.36. The monoisotopic (exact) mass is 430 g/mol. The molecule has 2 heterocycles. The average Bonchev–Trinajstić information content (AvgIpc) is 3.39. The van der Waals surface area contributed by atoms with Crippen LogP contribution < -0.4 is 4.74 Å². The van der Waals surface area contributed by atoms with Crippen LogP contribution in [0.25, 0.3) is 0 Å². The minimum Gasteiger partial charge on any atom is -0.490 e. The number of carbonyl (C=O) groups is 1. The minimum absolute atomic E-state index is 0.0273. The molecule has 1 saturated heterocycles. The van der Waals surface area contributed by atoms with Crippen molar-refractivity contribution < 1.29 is 9.53 Å². The third kappa shape index (κ3) is 4.98. The molecule has 2 aliphatic rings. The Morgan fingerprint density at radius 3 is 2.73 bits per heavy atom. The van der Waals surface area contributed by atoms with Gasteiger partial charge in [0.1, 0.15) is 5.75 Å². The number of nitrogens with zero attached hydrogens (tertiary/aromatic N) is 4. The number of halogens is 1. The normalized spacial score (nSPS) is 21.4. The first-order valence-corrected chi connectivity index (χ1v) is 11.3. The van der Waals surface area contributed by atoms with Crippen molar-refractivity contribution in [2.45, 2.75) is 51.8 Å². The van der Waals surface area contributed by atoms with Gasteiger partial charge in [-0.25, -0.2) is 0 Å². The summed E-state index contributed by atoms with van der Waals surface area (Å²) in [6, 6.07) is 6.07. The Labute approximate surface area is 183 Å². The van der Waals surface area contributed by atoms with E-state index in [-0.39, 0.29) is 12.0 Å². The number of aryl methyl sites for hydroxylation is 1. The van der Waals surface area contributed by atoms with Crippen LogP contribution in [0, 0.1) is 5.92 Å². The fourth-order valence-corrected chi connectivity index (χ4v) is 4.59. The lowest BCUT2D eigenvalue weighted by molar-refractivity contribution is 0.0419. The summed E-state index contributed by atoms with van der Waals surface area (Å²) in [7, 11) is 1.86. The zero-order valence-corrected chi connectivity index (χ0v) is 18.6. The lowest BCUT2D eigenvalue weighted by atomic mass is 9.82. The van der Waals surface area contributed by atoms with E-state index in [9.17, 15) is 4.79 Å². The molecular formula is C23H31ClN4O2. The van der Waals surface area contributed by atoms with Crippen LogP contribution >= 0.6 is 11.6 Å². The molecule has 7 heteroatoms. The van der Waals surface area contributed by atoms with Gasteiger partial charge in [-0.2, -0.15) is 5.10 Å². The maximum Gasteiger partial charge on any atom is 0.256 e. The molecule has 2 fully saturated rings. The van der Waals surface area contributed by atoms with Gasteiger partial charge < -0.3 is 9.64 Å². The van der Waals surface area contributed by atoms with Crippen LogP contribution in [0.1, 0.15) is 48.5 Å². The number of benzene rings is 1. The largest absolute Gasteiger partial charge is 0.490 e. The van der Waals surface area contributed by atoms with Gasteiger partial charge in [0.15, 0.2) is 0 Å². The van der Waals surface area contributed by atoms with Crippen molar-refractivity contribution in [1.29, 1.82) is 0 Å². The lowest BCUT2D eigenvalue weighted by Crippen LogP contribution is -2.41. The number of aromatic nitrogens is 2. The molecule has 0 atom stereocenters. The Balaban J connectivity index is 1.22. The highest BCUT2D eigenvalue weighted by Crippen LogP contribution is 2.33. The number of rotatable bonds is 8. The SMILES string of the molecule is CCn1cc(C(=O)N(C)CC2CC(Oc3ccc(CN4CCCC4)c(Cl)c3)C2)cn1. The average molecular weight is 431 g/mol. The Hall–Kier alpha value is -2.05. The molecule has 0 N–H and O–H groups in total. The molecular weight excluding hydrogens is 400 g/mol. The second-order valence-corrected chi connectivity index (χ2v) is 8.99. The zero-order valence-electron chi connectivity index (χ0n) is 17.9. The topological polar surface area (TPSA) is 50.6 Å². The Kier molecular flexibility index (Phi) is 6.64. The number of likely N-dealkylation sites (tertiary alicyclic amines) is 1. The van der Waals surface area contributed by atoms with Crippen molar-refractivity contribution in [3.63, 3.8) is 0 Å². The van der Waals surface area contributed by atoms with E-state index >= 15 is 0 Å². The quantitative estimate of drug-likeness (QED) is 0.633. The maximum absolute atomic E-state index is 12.5. The molecule has 0 radical (unpaired) electrons. The Bertz CT molecular complexity index is 872. The van der Waals surface area contributed by atoms with Crippen molar-refractivity contribution in [1.82, 2.24) is 19.6 Å². The van der Waals surface area contributed by atoms with E-state index in [1.807, 2.05) is 32.3 Å². The highest BCUT2D eigenvalue weighted by atomic mass is 35.5. The van der Waals surface area contributed by atoms with Crippen LogP contribution in [0.4, 0.5) is 0 Å². The van der Waals surface area contributed by atoms with Crippen LogP contribution in [0.2, 0.25) is 5.02 Å². The molecule has 1 amide bonds. The van der Waals surface area contributed by atoms with Crippen LogP contribution in [0.15, 0.2) is 30.6 Å².